The molecule has 0 radical (unpaired) electrons. The Morgan fingerprint density at radius 1 is 1.57 bits per heavy atom. The summed E-state index contributed by atoms with van der Waals surface area (Å²) in [5, 5.41) is 0. The maximum absolute atomic E-state index is 5.94. The number of nitrogens with zero attached hydrogens (tertiary/aromatic N) is 1. The van der Waals surface area contributed by atoms with Crippen LogP contribution in [0, 0.1) is 6.92 Å². The molecule has 0 aliphatic rings. The molecule has 1 aromatic heterocycles. The van der Waals surface area contributed by atoms with Gasteiger partial charge in [0.25, 0.3) is 0 Å². The highest BCUT2D eigenvalue weighted by molar-refractivity contribution is 5.85. The molecule has 0 saturated heterocycles. The molecule has 1 aromatic rings. The lowest BCUT2D eigenvalue weighted by Gasteiger charge is -2.10. The van der Waals surface area contributed by atoms with Crippen molar-refractivity contribution in [1.29, 1.82) is 0 Å². The minimum atomic E-state index is -0.0163. The smallest absolute Gasteiger partial charge is 0.0577 e. The second kappa shape index (κ2) is 5.78. The van der Waals surface area contributed by atoms with Crippen molar-refractivity contribution in [1.82, 2.24) is 4.98 Å². The van der Waals surface area contributed by atoms with Crippen LogP contribution in [0.1, 0.15) is 30.8 Å². The fraction of sp³-hybridized carbons (Fsp3) is 0.364. The van der Waals surface area contributed by atoms with Crippen molar-refractivity contribution < 1.29 is 0 Å². The van der Waals surface area contributed by atoms with Gasteiger partial charge < -0.3 is 5.73 Å². The predicted molar refractivity (Wildman–Crippen MR) is 62.6 cm³/mol. The van der Waals surface area contributed by atoms with Crippen LogP contribution in [-0.2, 0) is 0 Å². The molecule has 0 aliphatic heterocycles. The Kier molecular flexibility index (Phi) is 5.43. The third-order valence-corrected chi connectivity index (χ3v) is 1.86. The van der Waals surface area contributed by atoms with Crippen LogP contribution in [0.4, 0.5) is 0 Å². The first kappa shape index (κ1) is 13.1. The molecule has 1 atom stereocenters. The number of hydrogen-bond acceptors (Lipinski definition) is 2. The largest absolute Gasteiger partial charge is 0.322 e. The van der Waals surface area contributed by atoms with Gasteiger partial charge in [0, 0.05) is 5.69 Å². The van der Waals surface area contributed by atoms with Gasteiger partial charge in [0.05, 0.1) is 11.7 Å². The summed E-state index contributed by atoms with van der Waals surface area (Å²) in [6, 6.07) is 5.89. The van der Waals surface area contributed by atoms with E-state index in [2.05, 4.69) is 11.6 Å². The third kappa shape index (κ3) is 3.90. The average Bonchev–Trinajstić information content (AvgIpc) is 2.03. The minimum absolute atomic E-state index is 0. The van der Waals surface area contributed by atoms with Crippen LogP contribution in [0.25, 0.3) is 0 Å². The Balaban J connectivity index is 0.00000169. The van der Waals surface area contributed by atoms with Crippen LogP contribution in [-0.4, -0.2) is 4.98 Å². The van der Waals surface area contributed by atoms with E-state index in [-0.39, 0.29) is 18.4 Å². The minimum Gasteiger partial charge on any atom is -0.322 e. The highest BCUT2D eigenvalue weighted by Gasteiger charge is 2.06. The van der Waals surface area contributed by atoms with E-state index in [4.69, 9.17) is 5.73 Å². The molecule has 2 N–H and O–H groups in total. The molecule has 0 aromatic carbocycles. The summed E-state index contributed by atoms with van der Waals surface area (Å²) in [4.78, 5) is 4.36. The van der Waals surface area contributed by atoms with Gasteiger partial charge in [-0.25, -0.2) is 0 Å². The first-order chi connectivity index (χ1) is 6.09. The lowest BCUT2D eigenvalue weighted by Crippen LogP contribution is -2.12. The van der Waals surface area contributed by atoms with Gasteiger partial charge in [0.2, 0.25) is 0 Å². The number of hydrogen-bond donors (Lipinski definition) is 1. The summed E-state index contributed by atoms with van der Waals surface area (Å²) in [5.74, 6) is 0. The van der Waals surface area contributed by atoms with E-state index in [0.29, 0.717) is 0 Å². The van der Waals surface area contributed by atoms with Crippen LogP contribution in [0.15, 0.2) is 30.4 Å². The summed E-state index contributed by atoms with van der Waals surface area (Å²) >= 11 is 0. The normalized spacial score (nSPS) is 11.6. The molecule has 0 bridgehead atoms. The predicted octanol–water partition coefficient (Wildman–Crippen LogP) is 2.78. The van der Waals surface area contributed by atoms with E-state index < -0.39 is 0 Å². The van der Waals surface area contributed by atoms with Crippen molar-refractivity contribution >= 4 is 12.4 Å². The van der Waals surface area contributed by atoms with Crippen molar-refractivity contribution in [2.45, 2.75) is 26.3 Å². The van der Waals surface area contributed by atoms with Crippen molar-refractivity contribution in [3.63, 3.8) is 0 Å². The second-order valence-electron chi connectivity index (χ2n) is 3.47. The number of aryl methyl sites for hydroxylation is 1. The summed E-state index contributed by atoms with van der Waals surface area (Å²) in [7, 11) is 0. The van der Waals surface area contributed by atoms with Gasteiger partial charge in [-0.15, -0.1) is 19.0 Å². The van der Waals surface area contributed by atoms with Gasteiger partial charge in [-0.2, -0.15) is 0 Å². The Morgan fingerprint density at radius 2 is 2.21 bits per heavy atom. The van der Waals surface area contributed by atoms with E-state index in [1.54, 1.807) is 0 Å². The molecule has 1 rings (SSSR count). The zero-order chi connectivity index (χ0) is 9.84. The van der Waals surface area contributed by atoms with Crippen LogP contribution in [0.2, 0.25) is 0 Å². The Bertz CT molecular complexity index is 310. The number of aromatic nitrogens is 1. The molecule has 0 aliphatic carbocycles. The Morgan fingerprint density at radius 3 is 2.71 bits per heavy atom. The van der Waals surface area contributed by atoms with Crippen molar-refractivity contribution in [2.24, 2.45) is 5.73 Å². The van der Waals surface area contributed by atoms with Crippen LogP contribution in [0.5, 0.6) is 0 Å². The molecule has 2 nitrogen and oxygen atoms in total. The highest BCUT2D eigenvalue weighted by Crippen LogP contribution is 2.15. The number of halogens is 1. The third-order valence-electron chi connectivity index (χ3n) is 1.86. The lowest BCUT2D eigenvalue weighted by molar-refractivity contribution is 0.689. The number of rotatable bonds is 3. The van der Waals surface area contributed by atoms with Gasteiger partial charge in [-0.1, -0.05) is 11.6 Å². The van der Waals surface area contributed by atoms with Crippen molar-refractivity contribution in [2.75, 3.05) is 0 Å². The zero-order valence-corrected chi connectivity index (χ0v) is 9.47. The Hall–Kier alpha value is -0.860. The van der Waals surface area contributed by atoms with Gasteiger partial charge >= 0.3 is 0 Å². The zero-order valence-electron chi connectivity index (χ0n) is 8.66. The van der Waals surface area contributed by atoms with Gasteiger partial charge in [0.1, 0.15) is 0 Å². The van der Waals surface area contributed by atoms with Crippen molar-refractivity contribution in [3.05, 3.63) is 41.7 Å². The standard InChI is InChI=1S/C11H16N2.ClH/c1-8(2)7-10(12)11-6-4-5-9(3)13-11;/h4-6,10H,1,7,12H2,2-3H3;1H/t10-;/m0./s1. The molecule has 0 spiro atoms. The summed E-state index contributed by atoms with van der Waals surface area (Å²) in [5.41, 5.74) is 8.99. The first-order valence-corrected chi connectivity index (χ1v) is 4.43. The molecule has 0 unspecified atom stereocenters. The number of nitrogens with two attached hydrogens (primary N) is 1. The Labute approximate surface area is 91.6 Å². The number of pyridine rings is 1. The van der Waals surface area contributed by atoms with Gasteiger partial charge in [0.15, 0.2) is 0 Å². The highest BCUT2D eigenvalue weighted by atomic mass is 35.5. The van der Waals surface area contributed by atoms with Gasteiger partial charge in [-0.3, -0.25) is 4.98 Å². The molecule has 0 fully saturated rings. The SMILES string of the molecule is C=C(C)C[C@H](N)c1cccc(C)n1.Cl. The summed E-state index contributed by atoms with van der Waals surface area (Å²) in [6.45, 7) is 7.79. The van der Waals surface area contributed by atoms with E-state index in [0.717, 1.165) is 23.4 Å². The molecule has 1 heterocycles. The van der Waals surface area contributed by atoms with Crippen LogP contribution in [0.3, 0.4) is 0 Å². The quantitative estimate of drug-likeness (QED) is 0.783. The lowest BCUT2D eigenvalue weighted by atomic mass is 10.1. The second-order valence-corrected chi connectivity index (χ2v) is 3.47. The van der Waals surface area contributed by atoms with Crippen LogP contribution >= 0.6 is 12.4 Å². The molecule has 14 heavy (non-hydrogen) atoms. The fourth-order valence-electron chi connectivity index (χ4n) is 1.25. The van der Waals surface area contributed by atoms with E-state index >= 15 is 0 Å². The fourth-order valence-corrected chi connectivity index (χ4v) is 1.25. The maximum Gasteiger partial charge on any atom is 0.0577 e. The molecule has 78 valence electrons. The maximum atomic E-state index is 5.94. The van der Waals surface area contributed by atoms with E-state index in [9.17, 15) is 0 Å². The molecular formula is C11H17ClN2. The average molecular weight is 213 g/mol. The van der Waals surface area contributed by atoms with Crippen LogP contribution < -0.4 is 5.73 Å². The molecule has 3 heteroatoms. The van der Waals surface area contributed by atoms with Gasteiger partial charge in [-0.05, 0) is 32.4 Å². The summed E-state index contributed by atoms with van der Waals surface area (Å²) in [6.07, 6.45) is 0.802. The molecule has 0 saturated carbocycles. The van der Waals surface area contributed by atoms with E-state index in [1.165, 1.54) is 0 Å². The van der Waals surface area contributed by atoms with Crippen molar-refractivity contribution in [3.8, 4) is 0 Å². The summed E-state index contributed by atoms with van der Waals surface area (Å²) < 4.78 is 0. The van der Waals surface area contributed by atoms with E-state index in [1.807, 2.05) is 32.0 Å². The first-order valence-electron chi connectivity index (χ1n) is 4.43. The topological polar surface area (TPSA) is 38.9 Å². The molecule has 0 amide bonds. The monoisotopic (exact) mass is 212 g/mol. The molecular weight excluding hydrogens is 196 g/mol.